The molecule has 8 heteroatoms. The van der Waals surface area contributed by atoms with Crippen molar-refractivity contribution in [2.75, 3.05) is 5.32 Å². The molecule has 0 spiro atoms. The van der Waals surface area contributed by atoms with Crippen LogP contribution >= 0.6 is 23.4 Å². The van der Waals surface area contributed by atoms with E-state index in [4.69, 9.17) is 16.7 Å². The van der Waals surface area contributed by atoms with Gasteiger partial charge in [0.05, 0.1) is 11.8 Å². The number of amidine groups is 1. The molecule has 35 heavy (non-hydrogen) atoms. The molecule has 5 rings (SSSR count). The first-order chi connectivity index (χ1) is 17.0. The number of hydrazone groups is 1. The Balaban J connectivity index is 1.37. The quantitative estimate of drug-likeness (QED) is 0.476. The average molecular weight is 503 g/mol. The largest absolute Gasteiger partial charge is 0.326 e. The van der Waals surface area contributed by atoms with Gasteiger partial charge in [0, 0.05) is 23.6 Å². The van der Waals surface area contributed by atoms with Gasteiger partial charge in [0.15, 0.2) is 5.17 Å². The van der Waals surface area contributed by atoms with E-state index in [-0.39, 0.29) is 24.3 Å². The Morgan fingerprint density at radius 2 is 1.86 bits per heavy atom. The maximum Gasteiger partial charge on any atom is 0.262 e. The molecule has 6 nitrogen and oxygen atoms in total. The molecule has 2 atom stereocenters. The van der Waals surface area contributed by atoms with Crippen LogP contribution < -0.4 is 5.32 Å². The van der Waals surface area contributed by atoms with E-state index in [9.17, 15) is 9.59 Å². The minimum Gasteiger partial charge on any atom is -0.326 e. The van der Waals surface area contributed by atoms with E-state index in [0.29, 0.717) is 22.3 Å². The maximum absolute atomic E-state index is 12.7. The van der Waals surface area contributed by atoms with Crippen molar-refractivity contribution in [3.8, 4) is 0 Å². The number of carbonyl (C=O) groups is 2. The zero-order chi connectivity index (χ0) is 24.4. The van der Waals surface area contributed by atoms with Crippen molar-refractivity contribution >= 4 is 51.7 Å². The first-order valence-corrected chi connectivity index (χ1v) is 12.6. The number of hydrogen-bond donors (Lipinski definition) is 1. The number of amides is 2. The lowest BCUT2D eigenvalue weighted by molar-refractivity contribution is -0.121. The summed E-state index contributed by atoms with van der Waals surface area (Å²) in [7, 11) is 0. The molecule has 0 aromatic heterocycles. The first kappa shape index (κ1) is 23.3. The predicted octanol–water partition coefficient (Wildman–Crippen LogP) is 5.83. The Bertz CT molecular complexity index is 1320. The van der Waals surface area contributed by atoms with Crippen molar-refractivity contribution in [2.24, 2.45) is 10.1 Å². The fourth-order valence-corrected chi connectivity index (χ4v) is 5.35. The second-order valence-electron chi connectivity index (χ2n) is 8.49. The Morgan fingerprint density at radius 1 is 1.09 bits per heavy atom. The van der Waals surface area contributed by atoms with Crippen LogP contribution in [0.4, 0.5) is 5.69 Å². The van der Waals surface area contributed by atoms with Crippen LogP contribution in [-0.4, -0.2) is 33.0 Å². The number of carbonyl (C=O) groups excluding carboxylic acids is 2. The van der Waals surface area contributed by atoms with Crippen LogP contribution in [0, 0.1) is 6.92 Å². The summed E-state index contributed by atoms with van der Waals surface area (Å²) in [5.41, 5.74) is 4.80. The fourth-order valence-electron chi connectivity index (χ4n) is 4.09. The van der Waals surface area contributed by atoms with Crippen LogP contribution in [0.5, 0.6) is 0 Å². The average Bonchev–Trinajstić information content (AvgIpc) is 3.44. The number of nitrogens with zero attached hydrogens (tertiary/aromatic N) is 3. The molecule has 3 aromatic rings. The monoisotopic (exact) mass is 502 g/mol. The van der Waals surface area contributed by atoms with Gasteiger partial charge in [-0.05, 0) is 42.3 Å². The van der Waals surface area contributed by atoms with E-state index < -0.39 is 5.25 Å². The van der Waals surface area contributed by atoms with Gasteiger partial charge in [0.2, 0.25) is 5.91 Å². The van der Waals surface area contributed by atoms with Gasteiger partial charge in [0.1, 0.15) is 5.25 Å². The van der Waals surface area contributed by atoms with Crippen molar-refractivity contribution in [1.82, 2.24) is 5.01 Å². The smallest absolute Gasteiger partial charge is 0.262 e. The fraction of sp³-hybridized carbons (Fsp3) is 0.185. The Kier molecular flexibility index (Phi) is 6.70. The predicted molar refractivity (Wildman–Crippen MR) is 142 cm³/mol. The first-order valence-electron chi connectivity index (χ1n) is 11.3. The molecular weight excluding hydrogens is 480 g/mol. The highest BCUT2D eigenvalue weighted by atomic mass is 35.5. The Morgan fingerprint density at radius 3 is 2.60 bits per heavy atom. The number of nitrogens with one attached hydrogen (secondary N) is 1. The summed E-state index contributed by atoms with van der Waals surface area (Å²) in [6, 6.07) is 24.9. The lowest BCUT2D eigenvalue weighted by Crippen LogP contribution is -2.25. The molecule has 0 radical (unpaired) electrons. The van der Waals surface area contributed by atoms with Crippen LogP contribution in [0.2, 0.25) is 5.02 Å². The molecule has 0 unspecified atom stereocenters. The standard InChI is InChI=1S/C27H23ClN4O2S/c1-17-10-12-18(13-11-17)22-15-23(19-6-5-7-20(28)14-19)32(31-22)27-30-26(34)24(35-27)16-25(33)29-21-8-3-2-4-9-21/h2-14,23-24H,15-16H2,1H3,(H,29,33)/t23-,24+/m0/s1. The van der Waals surface area contributed by atoms with Crippen molar-refractivity contribution in [3.63, 3.8) is 0 Å². The lowest BCUT2D eigenvalue weighted by atomic mass is 9.98. The van der Waals surface area contributed by atoms with Crippen LogP contribution in [0.1, 0.15) is 35.6 Å². The van der Waals surface area contributed by atoms with E-state index in [1.165, 1.54) is 17.3 Å². The number of hydrogen-bond acceptors (Lipinski definition) is 5. The Hall–Kier alpha value is -3.42. The highest BCUT2D eigenvalue weighted by Gasteiger charge is 2.39. The van der Waals surface area contributed by atoms with Crippen molar-refractivity contribution < 1.29 is 9.59 Å². The van der Waals surface area contributed by atoms with Gasteiger partial charge in [-0.3, -0.25) is 9.59 Å². The number of halogens is 1. The normalized spacial score (nSPS) is 19.5. The SMILES string of the molecule is Cc1ccc(C2=NN(C3=NC(=O)[C@@H](CC(=O)Nc4ccccc4)S3)[C@H](c3cccc(Cl)c3)C2)cc1. The van der Waals surface area contributed by atoms with Crippen molar-refractivity contribution in [2.45, 2.75) is 31.1 Å². The number of anilines is 1. The summed E-state index contributed by atoms with van der Waals surface area (Å²) in [6.45, 7) is 2.05. The van der Waals surface area contributed by atoms with Crippen molar-refractivity contribution in [3.05, 3.63) is 101 Å². The third-order valence-corrected chi connectivity index (χ3v) is 7.26. The second kappa shape index (κ2) is 10.1. The third-order valence-electron chi connectivity index (χ3n) is 5.88. The molecule has 0 saturated carbocycles. The van der Waals surface area contributed by atoms with E-state index in [0.717, 1.165) is 16.8 Å². The zero-order valence-corrected chi connectivity index (χ0v) is 20.6. The molecule has 3 aromatic carbocycles. The summed E-state index contributed by atoms with van der Waals surface area (Å²) < 4.78 is 0. The molecule has 0 fully saturated rings. The van der Waals surface area contributed by atoms with Crippen LogP contribution in [0.15, 0.2) is 89.0 Å². The topological polar surface area (TPSA) is 74.1 Å². The van der Waals surface area contributed by atoms with Gasteiger partial charge in [-0.15, -0.1) is 0 Å². The minimum atomic E-state index is -0.590. The highest BCUT2D eigenvalue weighted by molar-refractivity contribution is 8.15. The minimum absolute atomic E-state index is 0.0373. The van der Waals surface area contributed by atoms with Gasteiger partial charge in [-0.25, -0.2) is 5.01 Å². The molecule has 2 heterocycles. The molecule has 176 valence electrons. The van der Waals surface area contributed by atoms with E-state index in [1.54, 1.807) is 5.01 Å². The summed E-state index contributed by atoms with van der Waals surface area (Å²) >= 11 is 7.56. The summed E-state index contributed by atoms with van der Waals surface area (Å²) in [6.07, 6.45) is 0.686. The van der Waals surface area contributed by atoms with Crippen LogP contribution in [0.25, 0.3) is 0 Å². The van der Waals surface area contributed by atoms with Gasteiger partial charge in [0.25, 0.3) is 5.91 Å². The van der Waals surface area contributed by atoms with E-state index in [1.807, 2.05) is 61.5 Å². The highest BCUT2D eigenvalue weighted by Crippen LogP contribution is 2.39. The number of rotatable bonds is 5. The van der Waals surface area contributed by atoms with Gasteiger partial charge >= 0.3 is 0 Å². The number of aliphatic imine (C=N–C) groups is 1. The molecule has 2 aliphatic rings. The van der Waals surface area contributed by atoms with Crippen LogP contribution in [0.3, 0.4) is 0 Å². The molecule has 0 aliphatic carbocycles. The summed E-state index contributed by atoms with van der Waals surface area (Å²) in [4.78, 5) is 29.6. The second-order valence-corrected chi connectivity index (χ2v) is 10.1. The van der Waals surface area contributed by atoms with Crippen LogP contribution in [-0.2, 0) is 9.59 Å². The molecular formula is C27H23ClN4O2S. The van der Waals surface area contributed by atoms with Gasteiger partial charge in [-0.1, -0.05) is 83.5 Å². The van der Waals surface area contributed by atoms with Gasteiger partial charge < -0.3 is 5.32 Å². The zero-order valence-electron chi connectivity index (χ0n) is 19.0. The summed E-state index contributed by atoms with van der Waals surface area (Å²) in [5, 5.41) is 10.1. The summed E-state index contributed by atoms with van der Waals surface area (Å²) in [5.74, 6) is -0.549. The number of para-hydroxylation sites is 1. The number of thioether (sulfide) groups is 1. The maximum atomic E-state index is 12.7. The third kappa shape index (κ3) is 5.31. The molecule has 2 amide bonds. The molecule has 0 saturated heterocycles. The lowest BCUT2D eigenvalue weighted by Gasteiger charge is -2.23. The van der Waals surface area contributed by atoms with Crippen molar-refractivity contribution in [1.29, 1.82) is 0 Å². The molecule has 2 aliphatic heterocycles. The van der Waals surface area contributed by atoms with E-state index >= 15 is 0 Å². The Labute approximate surface area is 213 Å². The van der Waals surface area contributed by atoms with Gasteiger partial charge in [-0.2, -0.15) is 10.1 Å². The number of aryl methyl sites for hydroxylation is 1. The molecule has 0 bridgehead atoms. The number of benzene rings is 3. The van der Waals surface area contributed by atoms with E-state index in [2.05, 4.69) is 34.6 Å². The molecule has 1 N–H and O–H groups in total.